The molecule has 220 valence electrons. The van der Waals surface area contributed by atoms with Crippen LogP contribution in [0, 0.1) is 6.92 Å². The van der Waals surface area contributed by atoms with Crippen molar-refractivity contribution in [3.63, 3.8) is 0 Å². The minimum absolute atomic E-state index is 0.0723. The number of halogens is 1. The first-order valence-corrected chi connectivity index (χ1v) is 15.5. The number of carbonyl (C=O) groups is 2. The van der Waals surface area contributed by atoms with Crippen molar-refractivity contribution in [2.45, 2.75) is 77.4 Å². The van der Waals surface area contributed by atoms with Gasteiger partial charge in [0.15, 0.2) is 0 Å². The van der Waals surface area contributed by atoms with Crippen molar-refractivity contribution in [3.05, 3.63) is 94.5 Å². The Hall–Kier alpha value is -3.36. The van der Waals surface area contributed by atoms with E-state index in [1.165, 1.54) is 17.0 Å². The van der Waals surface area contributed by atoms with Crippen molar-refractivity contribution in [1.29, 1.82) is 0 Å². The third-order valence-electron chi connectivity index (χ3n) is 6.64. The quantitative estimate of drug-likeness (QED) is 0.297. The average molecular weight is 598 g/mol. The van der Waals surface area contributed by atoms with Crippen molar-refractivity contribution in [2.24, 2.45) is 0 Å². The maximum absolute atomic E-state index is 14.0. The van der Waals surface area contributed by atoms with Gasteiger partial charge < -0.3 is 10.2 Å². The first kappa shape index (κ1) is 32.2. The normalized spacial score (nSPS) is 12.6. The maximum Gasteiger partial charge on any atom is 0.264 e. The molecule has 0 radical (unpaired) electrons. The predicted octanol–water partition coefficient (Wildman–Crippen LogP) is 6.30. The summed E-state index contributed by atoms with van der Waals surface area (Å²) in [4.78, 5) is 28.7. The molecule has 0 unspecified atom stereocenters. The average Bonchev–Trinajstić information content (AvgIpc) is 2.89. The number of anilines is 1. The number of amides is 2. The van der Waals surface area contributed by atoms with E-state index in [0.717, 1.165) is 21.0 Å². The Bertz CT molecular complexity index is 1460. The van der Waals surface area contributed by atoms with Crippen LogP contribution in [0.15, 0.2) is 77.7 Å². The first-order chi connectivity index (χ1) is 19.1. The molecule has 3 aromatic rings. The van der Waals surface area contributed by atoms with E-state index in [9.17, 15) is 18.0 Å². The molecule has 0 saturated carbocycles. The molecule has 0 aromatic heterocycles. The van der Waals surface area contributed by atoms with Crippen LogP contribution in [-0.4, -0.2) is 43.3 Å². The molecule has 0 aliphatic carbocycles. The molecule has 0 saturated heterocycles. The van der Waals surface area contributed by atoms with Gasteiger partial charge in [0.05, 0.1) is 10.6 Å². The van der Waals surface area contributed by atoms with Gasteiger partial charge in [0.2, 0.25) is 11.8 Å². The van der Waals surface area contributed by atoms with Crippen LogP contribution in [0.5, 0.6) is 0 Å². The van der Waals surface area contributed by atoms with Gasteiger partial charge in [0.25, 0.3) is 10.0 Å². The van der Waals surface area contributed by atoms with E-state index in [1.807, 2.05) is 45.9 Å². The molecule has 0 fully saturated rings. The minimum Gasteiger partial charge on any atom is -0.350 e. The molecule has 41 heavy (non-hydrogen) atoms. The van der Waals surface area contributed by atoms with Gasteiger partial charge in [-0.2, -0.15) is 0 Å². The molecule has 0 heterocycles. The highest BCUT2D eigenvalue weighted by Crippen LogP contribution is 2.27. The monoisotopic (exact) mass is 597 g/mol. The second kappa shape index (κ2) is 13.1. The van der Waals surface area contributed by atoms with Crippen LogP contribution in [-0.2, 0) is 26.2 Å². The van der Waals surface area contributed by atoms with Gasteiger partial charge in [-0.3, -0.25) is 13.9 Å². The molecule has 3 rings (SSSR count). The number of rotatable bonds is 10. The van der Waals surface area contributed by atoms with Crippen LogP contribution in [0.2, 0.25) is 5.02 Å². The molecule has 1 N–H and O–H groups in total. The second-order valence-corrected chi connectivity index (χ2v) is 13.9. The number of nitrogens with one attached hydrogen (secondary N) is 1. The van der Waals surface area contributed by atoms with Crippen molar-refractivity contribution >= 4 is 39.1 Å². The maximum atomic E-state index is 14.0. The highest BCUT2D eigenvalue weighted by molar-refractivity contribution is 7.92. The number of aryl methyl sites for hydroxylation is 1. The van der Waals surface area contributed by atoms with E-state index in [-0.39, 0.29) is 23.3 Å². The molecule has 1 atom stereocenters. The lowest BCUT2D eigenvalue weighted by molar-refractivity contribution is -0.140. The number of hydrogen-bond acceptors (Lipinski definition) is 4. The van der Waals surface area contributed by atoms with Crippen LogP contribution in [0.4, 0.5) is 5.69 Å². The van der Waals surface area contributed by atoms with Crippen molar-refractivity contribution in [3.8, 4) is 0 Å². The van der Waals surface area contributed by atoms with Crippen molar-refractivity contribution in [2.75, 3.05) is 10.8 Å². The lowest BCUT2D eigenvalue weighted by atomic mass is 10.0. The summed E-state index contributed by atoms with van der Waals surface area (Å²) in [6.07, 6.45) is 0. The van der Waals surface area contributed by atoms with Gasteiger partial charge in [0.1, 0.15) is 12.6 Å². The lowest BCUT2D eigenvalue weighted by Crippen LogP contribution is -2.54. The molecule has 2 amide bonds. The van der Waals surface area contributed by atoms with Gasteiger partial charge in [-0.25, -0.2) is 8.42 Å². The third kappa shape index (κ3) is 8.57. The summed E-state index contributed by atoms with van der Waals surface area (Å²) < 4.78 is 29.1. The first-order valence-electron chi connectivity index (χ1n) is 13.6. The molecule has 0 bridgehead atoms. The van der Waals surface area contributed by atoms with Crippen molar-refractivity contribution < 1.29 is 18.0 Å². The zero-order valence-electron chi connectivity index (χ0n) is 24.8. The summed E-state index contributed by atoms with van der Waals surface area (Å²) in [6, 6.07) is 19.8. The standard InChI is InChI=1S/C32H40ClN3O4S/c1-22(2)26-13-15-28(16-14-26)36(41(39,40)29-17-11-23(3)12-18-29)21-30(37)35(20-25-9-8-10-27(33)19-25)24(4)31(38)34-32(5,6)7/h8-19,22,24H,20-21H2,1-7H3,(H,34,38)/t24-/m1/s1. The van der Waals surface area contributed by atoms with Crippen LogP contribution in [0.1, 0.15) is 64.2 Å². The summed E-state index contributed by atoms with van der Waals surface area (Å²) in [5.74, 6) is -0.615. The van der Waals surface area contributed by atoms with E-state index < -0.39 is 34.1 Å². The highest BCUT2D eigenvalue weighted by Gasteiger charge is 2.33. The van der Waals surface area contributed by atoms with Crippen LogP contribution < -0.4 is 9.62 Å². The fraction of sp³-hybridized carbons (Fsp3) is 0.375. The van der Waals surface area contributed by atoms with Gasteiger partial charge in [-0.15, -0.1) is 0 Å². The van der Waals surface area contributed by atoms with Crippen LogP contribution >= 0.6 is 11.6 Å². The molecule has 3 aromatic carbocycles. The minimum atomic E-state index is -4.12. The van der Waals surface area contributed by atoms with Gasteiger partial charge in [-0.1, -0.05) is 67.4 Å². The van der Waals surface area contributed by atoms with Crippen LogP contribution in [0.3, 0.4) is 0 Å². The summed E-state index contributed by atoms with van der Waals surface area (Å²) in [5, 5.41) is 3.42. The Kier molecular flexibility index (Phi) is 10.3. The smallest absolute Gasteiger partial charge is 0.264 e. The van der Waals surface area contributed by atoms with Gasteiger partial charge in [-0.05, 0) is 88.1 Å². The molecule has 7 nitrogen and oxygen atoms in total. The number of nitrogens with zero attached hydrogens (tertiary/aromatic N) is 2. The van der Waals surface area contributed by atoms with Gasteiger partial charge in [0, 0.05) is 17.1 Å². The Morgan fingerprint density at radius 1 is 0.927 bits per heavy atom. The van der Waals surface area contributed by atoms with E-state index >= 15 is 0 Å². The molecular weight excluding hydrogens is 558 g/mol. The SMILES string of the molecule is Cc1ccc(S(=O)(=O)N(CC(=O)N(Cc2cccc(Cl)c2)[C@H](C)C(=O)NC(C)(C)C)c2ccc(C(C)C)cc2)cc1. The van der Waals surface area contributed by atoms with Crippen molar-refractivity contribution in [1.82, 2.24) is 10.2 Å². The Balaban J connectivity index is 2.06. The fourth-order valence-corrected chi connectivity index (χ4v) is 5.91. The molecule has 0 spiro atoms. The largest absolute Gasteiger partial charge is 0.350 e. The number of hydrogen-bond donors (Lipinski definition) is 1. The van der Waals surface area contributed by atoms with Gasteiger partial charge >= 0.3 is 0 Å². The summed E-state index contributed by atoms with van der Waals surface area (Å²) >= 11 is 6.20. The number of benzene rings is 3. The second-order valence-electron chi connectivity index (χ2n) is 11.6. The van der Waals surface area contributed by atoms with E-state index in [2.05, 4.69) is 19.2 Å². The van der Waals surface area contributed by atoms with Crippen LogP contribution in [0.25, 0.3) is 0 Å². The number of sulfonamides is 1. The topological polar surface area (TPSA) is 86.8 Å². The number of carbonyl (C=O) groups excluding carboxylic acids is 2. The van der Waals surface area contributed by atoms with E-state index in [4.69, 9.17) is 11.6 Å². The zero-order chi connectivity index (χ0) is 30.5. The summed E-state index contributed by atoms with van der Waals surface area (Å²) in [6.45, 7) is 12.8. The zero-order valence-corrected chi connectivity index (χ0v) is 26.4. The molecule has 0 aliphatic rings. The summed E-state index contributed by atoms with van der Waals surface area (Å²) in [5.41, 5.74) is 2.52. The van der Waals surface area contributed by atoms with E-state index in [0.29, 0.717) is 10.7 Å². The Labute approximate surface area is 249 Å². The summed E-state index contributed by atoms with van der Waals surface area (Å²) in [7, 11) is -4.12. The Morgan fingerprint density at radius 3 is 2.07 bits per heavy atom. The third-order valence-corrected chi connectivity index (χ3v) is 8.67. The fourth-order valence-electron chi connectivity index (χ4n) is 4.28. The molecular formula is C32H40ClN3O4S. The Morgan fingerprint density at radius 2 is 1.54 bits per heavy atom. The molecule has 0 aliphatic heterocycles. The van der Waals surface area contributed by atoms with E-state index in [1.54, 1.807) is 49.4 Å². The lowest BCUT2D eigenvalue weighted by Gasteiger charge is -2.33. The predicted molar refractivity (Wildman–Crippen MR) is 166 cm³/mol. The molecule has 9 heteroatoms. The highest BCUT2D eigenvalue weighted by atomic mass is 35.5.